The molecule has 0 bridgehead atoms. The number of H-pyrrole nitrogens is 1. The summed E-state index contributed by atoms with van der Waals surface area (Å²) in [6, 6.07) is 12.9. The predicted molar refractivity (Wildman–Crippen MR) is 143 cm³/mol. The third-order valence-electron chi connectivity index (χ3n) is 5.16. The Morgan fingerprint density at radius 2 is 1.82 bits per heavy atom. The van der Waals surface area contributed by atoms with E-state index in [0.29, 0.717) is 21.9 Å². The van der Waals surface area contributed by atoms with Gasteiger partial charge in [-0.2, -0.15) is 5.21 Å². The molecule has 3 heterocycles. The number of aromatic nitrogens is 6. The van der Waals surface area contributed by atoms with Crippen molar-refractivity contribution in [1.29, 1.82) is 0 Å². The number of para-hydroxylation sites is 1. The fourth-order valence-corrected chi connectivity index (χ4v) is 7.06. The van der Waals surface area contributed by atoms with Crippen molar-refractivity contribution in [2.24, 2.45) is 5.14 Å². The lowest BCUT2D eigenvalue weighted by Gasteiger charge is -2.16. The van der Waals surface area contributed by atoms with Gasteiger partial charge in [-0.3, -0.25) is 4.98 Å². The van der Waals surface area contributed by atoms with Crippen molar-refractivity contribution >= 4 is 52.7 Å². The fourth-order valence-electron chi connectivity index (χ4n) is 3.70. The summed E-state index contributed by atoms with van der Waals surface area (Å²) < 4.78 is 55.5. The molecule has 6 N–H and O–H groups in total. The van der Waals surface area contributed by atoms with Crippen molar-refractivity contribution in [2.75, 3.05) is 5.73 Å². The van der Waals surface area contributed by atoms with Crippen molar-refractivity contribution in [3.63, 3.8) is 0 Å². The Morgan fingerprint density at radius 3 is 2.45 bits per heavy atom. The summed E-state index contributed by atoms with van der Waals surface area (Å²) in [5.41, 5.74) is 7.43. The highest BCUT2D eigenvalue weighted by Gasteiger charge is 2.32. The van der Waals surface area contributed by atoms with Gasteiger partial charge < -0.3 is 15.6 Å². The van der Waals surface area contributed by atoms with Gasteiger partial charge in [0.05, 0.1) is 28.0 Å². The number of sulfonamides is 2. The summed E-state index contributed by atoms with van der Waals surface area (Å²) in [6.45, 7) is 0.796. The van der Waals surface area contributed by atoms with Crippen molar-refractivity contribution in [2.45, 2.75) is 23.3 Å². The first-order valence-electron chi connectivity index (χ1n) is 11.0. The number of fused-ring (bicyclic) bond motifs is 1. The Labute approximate surface area is 231 Å². The maximum Gasteiger partial charge on any atom is 0.242 e. The van der Waals surface area contributed by atoms with E-state index in [2.05, 4.69) is 35.3 Å². The largest absolute Gasteiger partial charge is 0.550 e. The van der Waals surface area contributed by atoms with Crippen LogP contribution >= 0.6 is 11.3 Å². The van der Waals surface area contributed by atoms with Gasteiger partial charge in [0.15, 0.2) is 5.13 Å². The number of pyridine rings is 1. The number of rotatable bonds is 7. The third kappa shape index (κ3) is 6.26. The normalized spacial score (nSPS) is 11.7. The second-order valence-corrected chi connectivity index (χ2v) is 12.2. The average Bonchev–Trinajstić information content (AvgIpc) is 3.55. The second kappa shape index (κ2) is 11.4. The lowest BCUT2D eigenvalue weighted by atomic mass is 9.98. The number of nitrogen functional groups attached to an aromatic ring is 1. The lowest BCUT2D eigenvalue weighted by molar-refractivity contribution is -0.302. The minimum absolute atomic E-state index is 0.147. The van der Waals surface area contributed by atoms with Crippen LogP contribution in [0.15, 0.2) is 64.5 Å². The topological polar surface area (TPSA) is 253 Å². The molecule has 40 heavy (non-hydrogen) atoms. The van der Waals surface area contributed by atoms with Crippen molar-refractivity contribution < 1.29 is 26.7 Å². The number of anilines is 1. The Kier molecular flexibility index (Phi) is 8.16. The summed E-state index contributed by atoms with van der Waals surface area (Å²) in [6.07, 6.45) is 1.51. The molecule has 0 unspecified atom stereocenters. The molecular formula is C22H20N9O6S3-. The van der Waals surface area contributed by atoms with E-state index < -0.39 is 35.8 Å². The predicted octanol–water partition coefficient (Wildman–Crippen LogP) is 0.00270. The first kappa shape index (κ1) is 28.6. The molecule has 0 saturated heterocycles. The van der Waals surface area contributed by atoms with Gasteiger partial charge in [-0.1, -0.05) is 35.6 Å². The molecule has 0 aliphatic carbocycles. The van der Waals surface area contributed by atoms with Gasteiger partial charge in [-0.25, -0.2) is 31.7 Å². The van der Waals surface area contributed by atoms with Crippen LogP contribution < -0.4 is 20.7 Å². The lowest BCUT2D eigenvalue weighted by Crippen LogP contribution is -2.27. The highest BCUT2D eigenvalue weighted by molar-refractivity contribution is 7.92. The van der Waals surface area contributed by atoms with Crippen LogP contribution in [-0.2, 0) is 31.4 Å². The van der Waals surface area contributed by atoms with E-state index in [9.17, 15) is 16.8 Å². The van der Waals surface area contributed by atoms with E-state index in [1.807, 2.05) is 6.07 Å². The van der Waals surface area contributed by atoms with Crippen molar-refractivity contribution in [3.8, 4) is 22.5 Å². The molecule has 0 radical (unpaired) electrons. The van der Waals surface area contributed by atoms with Gasteiger partial charge in [-0.05, 0) is 42.0 Å². The number of nitrogens with zero attached hydrogens (tertiary/aromatic N) is 5. The number of carbonyl (C=O) groups excluding carboxylic acids is 1. The zero-order valence-electron chi connectivity index (χ0n) is 20.5. The Morgan fingerprint density at radius 1 is 1.07 bits per heavy atom. The van der Waals surface area contributed by atoms with E-state index in [-0.39, 0.29) is 23.5 Å². The Bertz CT molecular complexity index is 1890. The van der Waals surface area contributed by atoms with E-state index in [4.69, 9.17) is 20.8 Å². The number of nitrogens with two attached hydrogens (primary N) is 2. The molecule has 15 nitrogen and oxygen atoms in total. The molecule has 5 rings (SSSR count). The third-order valence-corrected chi connectivity index (χ3v) is 8.58. The van der Waals surface area contributed by atoms with E-state index in [0.717, 1.165) is 17.7 Å². The first-order chi connectivity index (χ1) is 18.9. The number of carbonyl (C=O) groups is 1. The zero-order valence-corrected chi connectivity index (χ0v) is 22.9. The molecule has 0 fully saturated rings. The van der Waals surface area contributed by atoms with Crippen molar-refractivity contribution in [1.82, 2.24) is 35.3 Å². The van der Waals surface area contributed by atoms with Crippen LogP contribution in [-0.4, -0.2) is 53.4 Å². The SMILES string of the molecule is CC(=O)[O-].Nc1nc2c(-c3ccc(S(=O)(=O)NCc4ccccn4)c(S(N)(=O)=O)c3-c3nn[nH]n3)cccc2s1. The van der Waals surface area contributed by atoms with Crippen LogP contribution in [0.2, 0.25) is 0 Å². The number of tetrazole rings is 1. The maximum absolute atomic E-state index is 13.3. The van der Waals surface area contributed by atoms with E-state index in [1.54, 1.807) is 30.3 Å². The highest BCUT2D eigenvalue weighted by atomic mass is 32.2. The number of thiazole rings is 1. The van der Waals surface area contributed by atoms with Crippen LogP contribution in [0.1, 0.15) is 12.6 Å². The number of aromatic amines is 1. The molecule has 0 aliphatic heterocycles. The Balaban J connectivity index is 0.000000867. The molecule has 5 aromatic rings. The maximum atomic E-state index is 13.3. The number of primary sulfonamides is 1. The zero-order chi connectivity index (χ0) is 29.1. The molecule has 0 amide bonds. The molecule has 18 heteroatoms. The number of hydrogen-bond donors (Lipinski definition) is 4. The number of benzene rings is 2. The number of nitrogens with one attached hydrogen (secondary N) is 2. The number of hydrogen-bond acceptors (Lipinski definition) is 13. The molecule has 208 valence electrons. The first-order valence-corrected chi connectivity index (χ1v) is 14.9. The van der Waals surface area contributed by atoms with E-state index >= 15 is 0 Å². The molecule has 0 atom stereocenters. The van der Waals surface area contributed by atoms with Crippen LogP contribution in [0.4, 0.5) is 5.13 Å². The number of carboxylic acids is 1. The minimum Gasteiger partial charge on any atom is -0.550 e. The van der Waals surface area contributed by atoms with Crippen LogP contribution in [0.5, 0.6) is 0 Å². The van der Waals surface area contributed by atoms with Gasteiger partial charge in [-0.15, -0.1) is 10.2 Å². The number of carboxylic acid groups (broad SMARTS) is 1. The molecular weight excluding hydrogens is 583 g/mol. The summed E-state index contributed by atoms with van der Waals surface area (Å²) in [5.74, 6) is -1.25. The van der Waals surface area contributed by atoms with Gasteiger partial charge in [0.2, 0.25) is 25.9 Å². The summed E-state index contributed by atoms with van der Waals surface area (Å²) >= 11 is 1.25. The van der Waals surface area contributed by atoms with Gasteiger partial charge in [0.25, 0.3) is 0 Å². The number of aliphatic carboxylic acids is 1. The summed E-state index contributed by atoms with van der Waals surface area (Å²) in [5, 5.41) is 28.4. The molecule has 0 saturated carbocycles. The van der Waals surface area contributed by atoms with Crippen LogP contribution in [0.25, 0.3) is 32.7 Å². The fraction of sp³-hybridized carbons (Fsp3) is 0.0909. The van der Waals surface area contributed by atoms with Gasteiger partial charge in [0, 0.05) is 17.7 Å². The average molecular weight is 603 g/mol. The minimum atomic E-state index is -4.63. The second-order valence-electron chi connectivity index (χ2n) is 7.94. The molecule has 0 spiro atoms. The molecule has 2 aromatic carbocycles. The quantitative estimate of drug-likeness (QED) is 0.192. The Hall–Kier alpha value is -4.36. The van der Waals surface area contributed by atoms with Crippen molar-refractivity contribution in [3.05, 3.63) is 60.4 Å². The monoisotopic (exact) mass is 602 g/mol. The standard InChI is InChI=1S/C20H17N9O4S3.C2H4O2/c21-20-25-17-13(5-3-6-14(17)34-20)12-7-8-15(36(32,33)24-10-11-4-1-2-9-23-11)18(35(22,30)31)16(12)19-26-28-29-27-19;1-2(3)4/h1-9,24H,10H2,(H2,21,25)(H2,22,30,31)(H,26,27,28,29);1H3,(H,3,4)/p-1. The van der Waals surface area contributed by atoms with Crippen LogP contribution in [0, 0.1) is 0 Å². The van der Waals surface area contributed by atoms with E-state index in [1.165, 1.54) is 23.6 Å². The van der Waals surface area contributed by atoms with Crippen LogP contribution in [0.3, 0.4) is 0 Å². The summed E-state index contributed by atoms with van der Waals surface area (Å²) in [7, 11) is -9.03. The van der Waals surface area contributed by atoms with Gasteiger partial charge in [0.1, 0.15) is 9.79 Å². The molecule has 3 aromatic heterocycles. The smallest absolute Gasteiger partial charge is 0.242 e. The van der Waals surface area contributed by atoms with Gasteiger partial charge >= 0.3 is 0 Å². The highest BCUT2D eigenvalue weighted by Crippen LogP contribution is 2.41. The summed E-state index contributed by atoms with van der Waals surface area (Å²) in [4.78, 5) is 16.1. The molecule has 0 aliphatic rings.